The van der Waals surface area contributed by atoms with Crippen LogP contribution in [0.3, 0.4) is 0 Å². The van der Waals surface area contributed by atoms with Crippen molar-refractivity contribution in [3.63, 3.8) is 0 Å². The van der Waals surface area contributed by atoms with Crippen LogP contribution in [0.4, 0.5) is 5.69 Å². The second-order valence-electron chi connectivity index (χ2n) is 7.56. The molecule has 5 aromatic rings. The normalized spacial score (nSPS) is 11.3. The zero-order valence-electron chi connectivity index (χ0n) is 17.7. The van der Waals surface area contributed by atoms with Gasteiger partial charge in [0.15, 0.2) is 5.16 Å². The van der Waals surface area contributed by atoms with Crippen LogP contribution in [0.5, 0.6) is 0 Å². The topological polar surface area (TPSA) is 93.6 Å². The van der Waals surface area contributed by atoms with Crippen LogP contribution in [-0.2, 0) is 9.59 Å². The van der Waals surface area contributed by atoms with Gasteiger partial charge in [0, 0.05) is 24.0 Å². The molecule has 2 aromatic heterocycles. The van der Waals surface area contributed by atoms with Crippen LogP contribution < -0.4 is 10.6 Å². The summed E-state index contributed by atoms with van der Waals surface area (Å²) in [4.78, 5) is 35.9. The lowest BCUT2D eigenvalue weighted by atomic mass is 10.2. The average Bonchev–Trinajstić information content (AvgIpc) is 3.23. The number of amides is 2. The summed E-state index contributed by atoms with van der Waals surface area (Å²) in [5, 5.41) is 1.64. The molecule has 0 aliphatic rings. The fourth-order valence-corrected chi connectivity index (χ4v) is 4.73. The Morgan fingerprint density at radius 2 is 1.58 bits per heavy atom. The van der Waals surface area contributed by atoms with Crippen molar-refractivity contribution >= 4 is 56.8 Å². The van der Waals surface area contributed by atoms with E-state index in [1.165, 1.54) is 11.8 Å². The van der Waals surface area contributed by atoms with Gasteiger partial charge >= 0.3 is 0 Å². The highest BCUT2D eigenvalue weighted by Crippen LogP contribution is 2.29. The molecule has 3 aromatic carbocycles. The average molecular weight is 456 g/mol. The first kappa shape index (κ1) is 21.0. The van der Waals surface area contributed by atoms with E-state index in [4.69, 9.17) is 15.7 Å². The number of carbonyl (C=O) groups is 2. The molecular weight excluding hydrogens is 434 g/mol. The molecule has 0 atom stereocenters. The maximum Gasteiger partial charge on any atom is 0.237 e. The smallest absolute Gasteiger partial charge is 0.237 e. The zero-order chi connectivity index (χ0) is 22.8. The van der Waals surface area contributed by atoms with Crippen molar-refractivity contribution in [3.8, 4) is 0 Å². The lowest BCUT2D eigenvalue weighted by Gasteiger charge is -2.22. The number of nitrogens with zero attached hydrogens (tertiary/aromatic N) is 4. The van der Waals surface area contributed by atoms with Crippen molar-refractivity contribution in [2.75, 3.05) is 17.2 Å². The van der Waals surface area contributed by atoms with Crippen molar-refractivity contribution in [2.45, 2.75) is 11.6 Å². The van der Waals surface area contributed by atoms with E-state index in [-0.39, 0.29) is 24.6 Å². The van der Waals surface area contributed by atoms with E-state index in [1.807, 2.05) is 83.3 Å². The molecule has 0 saturated heterocycles. The van der Waals surface area contributed by atoms with Gasteiger partial charge in [0.05, 0.1) is 22.3 Å². The van der Waals surface area contributed by atoms with E-state index < -0.39 is 5.91 Å². The molecule has 33 heavy (non-hydrogen) atoms. The van der Waals surface area contributed by atoms with Crippen LogP contribution >= 0.6 is 11.8 Å². The Labute approximate surface area is 194 Å². The summed E-state index contributed by atoms with van der Waals surface area (Å²) in [6.45, 7) is 0.229. The number of primary amides is 1. The standard InChI is InChI=1S/C25H21N5O2S/c26-22(31)14-15-29(17-8-2-1-3-9-17)23(32)16-33-25-28-19-11-5-4-10-18(19)24-27-20-12-6-7-13-21(20)30(24)25/h1-13H,14-16H2,(H2,26,31). The maximum atomic E-state index is 13.2. The first-order valence-electron chi connectivity index (χ1n) is 10.5. The molecule has 7 nitrogen and oxygen atoms in total. The summed E-state index contributed by atoms with van der Waals surface area (Å²) < 4.78 is 2.01. The summed E-state index contributed by atoms with van der Waals surface area (Å²) in [6, 6.07) is 25.0. The van der Waals surface area contributed by atoms with Crippen molar-refractivity contribution < 1.29 is 9.59 Å². The number of thioether (sulfide) groups is 1. The molecule has 0 fully saturated rings. The van der Waals surface area contributed by atoms with Gasteiger partial charge in [-0.25, -0.2) is 9.97 Å². The fraction of sp³-hybridized carbons (Fsp3) is 0.120. The monoisotopic (exact) mass is 455 g/mol. The van der Waals surface area contributed by atoms with Crippen LogP contribution in [0.2, 0.25) is 0 Å². The molecule has 0 saturated carbocycles. The van der Waals surface area contributed by atoms with Crippen molar-refractivity contribution in [3.05, 3.63) is 78.9 Å². The molecule has 0 aliphatic carbocycles. The second kappa shape index (κ2) is 8.91. The minimum absolute atomic E-state index is 0.0932. The SMILES string of the molecule is NC(=O)CCN(C(=O)CSc1nc2ccccc2c2nc3ccccc3n12)c1ccccc1. The van der Waals surface area contributed by atoms with Gasteiger partial charge in [-0.3, -0.25) is 14.0 Å². The van der Waals surface area contributed by atoms with E-state index in [2.05, 4.69) is 0 Å². The van der Waals surface area contributed by atoms with Gasteiger partial charge in [-0.2, -0.15) is 0 Å². The molecule has 2 amide bonds. The first-order chi connectivity index (χ1) is 16.1. The number of imidazole rings is 1. The van der Waals surface area contributed by atoms with Gasteiger partial charge in [0.25, 0.3) is 0 Å². The van der Waals surface area contributed by atoms with Crippen LogP contribution in [0, 0.1) is 0 Å². The fourth-order valence-electron chi connectivity index (χ4n) is 3.84. The highest BCUT2D eigenvalue weighted by molar-refractivity contribution is 7.99. The largest absolute Gasteiger partial charge is 0.370 e. The second-order valence-corrected chi connectivity index (χ2v) is 8.50. The molecule has 0 spiro atoms. The van der Waals surface area contributed by atoms with E-state index >= 15 is 0 Å². The number of hydrogen-bond acceptors (Lipinski definition) is 5. The van der Waals surface area contributed by atoms with E-state index in [9.17, 15) is 9.59 Å². The lowest BCUT2D eigenvalue weighted by Crippen LogP contribution is -2.35. The predicted molar refractivity (Wildman–Crippen MR) is 131 cm³/mol. The number of nitrogens with two attached hydrogens (primary N) is 1. The number of aromatic nitrogens is 3. The van der Waals surface area contributed by atoms with Crippen LogP contribution in [0.25, 0.3) is 27.6 Å². The Bertz CT molecular complexity index is 1480. The third-order valence-electron chi connectivity index (χ3n) is 5.39. The van der Waals surface area contributed by atoms with E-state index in [0.717, 1.165) is 33.3 Å². The van der Waals surface area contributed by atoms with Crippen LogP contribution in [-0.4, -0.2) is 38.5 Å². The molecule has 0 unspecified atom stereocenters. The maximum absolute atomic E-state index is 13.2. The minimum atomic E-state index is -0.445. The zero-order valence-corrected chi connectivity index (χ0v) is 18.5. The number of benzene rings is 3. The van der Waals surface area contributed by atoms with Gasteiger partial charge in [0.2, 0.25) is 11.8 Å². The van der Waals surface area contributed by atoms with Gasteiger partial charge in [-0.1, -0.05) is 54.2 Å². The third-order valence-corrected chi connectivity index (χ3v) is 6.31. The van der Waals surface area contributed by atoms with Crippen molar-refractivity contribution in [1.82, 2.24) is 14.4 Å². The van der Waals surface area contributed by atoms with E-state index in [0.29, 0.717) is 5.16 Å². The van der Waals surface area contributed by atoms with Gasteiger partial charge < -0.3 is 10.6 Å². The highest BCUT2D eigenvalue weighted by Gasteiger charge is 2.19. The van der Waals surface area contributed by atoms with Crippen molar-refractivity contribution in [2.24, 2.45) is 5.73 Å². The Morgan fingerprint density at radius 3 is 2.36 bits per heavy atom. The molecule has 8 heteroatoms. The number of anilines is 1. The summed E-state index contributed by atoms with van der Waals surface area (Å²) in [5.41, 5.74) is 9.51. The highest BCUT2D eigenvalue weighted by atomic mass is 32.2. The Kier molecular flexibility index (Phi) is 5.66. The molecule has 5 rings (SSSR count). The molecule has 2 N–H and O–H groups in total. The molecule has 0 bridgehead atoms. The Balaban J connectivity index is 1.51. The Hall–Kier alpha value is -3.91. The van der Waals surface area contributed by atoms with Gasteiger partial charge in [-0.05, 0) is 36.4 Å². The number of hydrogen-bond donors (Lipinski definition) is 1. The lowest BCUT2D eigenvalue weighted by molar-refractivity contribution is -0.118. The summed E-state index contributed by atoms with van der Waals surface area (Å²) in [5.74, 6) is -0.417. The van der Waals surface area contributed by atoms with Crippen molar-refractivity contribution in [1.29, 1.82) is 0 Å². The van der Waals surface area contributed by atoms with Gasteiger partial charge in [0.1, 0.15) is 5.65 Å². The summed E-state index contributed by atoms with van der Waals surface area (Å²) >= 11 is 1.35. The predicted octanol–water partition coefficient (Wildman–Crippen LogP) is 4.04. The van der Waals surface area contributed by atoms with Gasteiger partial charge in [-0.15, -0.1) is 0 Å². The summed E-state index contributed by atoms with van der Waals surface area (Å²) in [7, 11) is 0. The quantitative estimate of drug-likeness (QED) is 0.295. The third kappa shape index (κ3) is 4.12. The minimum Gasteiger partial charge on any atom is -0.370 e. The molecule has 2 heterocycles. The van der Waals surface area contributed by atoms with E-state index in [1.54, 1.807) is 4.90 Å². The Morgan fingerprint density at radius 1 is 0.879 bits per heavy atom. The van der Waals surface area contributed by atoms with Crippen LogP contribution in [0.15, 0.2) is 84.0 Å². The number of para-hydroxylation sites is 4. The first-order valence-corrected chi connectivity index (χ1v) is 11.5. The molecule has 0 aliphatic heterocycles. The molecular formula is C25H21N5O2S. The molecule has 164 valence electrons. The number of rotatable bonds is 7. The van der Waals surface area contributed by atoms with Crippen LogP contribution in [0.1, 0.15) is 6.42 Å². The number of fused-ring (bicyclic) bond motifs is 5. The summed E-state index contributed by atoms with van der Waals surface area (Å²) in [6.07, 6.45) is 0.0932. The molecule has 0 radical (unpaired) electrons. The number of carbonyl (C=O) groups excluding carboxylic acids is 2.